The van der Waals surface area contributed by atoms with Crippen molar-refractivity contribution in [2.75, 3.05) is 7.11 Å². The molecule has 0 saturated carbocycles. The lowest BCUT2D eigenvalue weighted by Crippen LogP contribution is -2.37. The van der Waals surface area contributed by atoms with E-state index in [-0.39, 0.29) is 0 Å². The summed E-state index contributed by atoms with van der Waals surface area (Å²) < 4.78 is 5.20. The van der Waals surface area contributed by atoms with E-state index >= 15 is 0 Å². The smallest absolute Gasteiger partial charge is 0.119 e. The monoisotopic (exact) mass is 221 g/mol. The van der Waals surface area contributed by atoms with Gasteiger partial charge in [-0.25, -0.2) is 0 Å². The van der Waals surface area contributed by atoms with Gasteiger partial charge in [-0.2, -0.15) is 0 Å². The average Bonchev–Trinajstić information content (AvgIpc) is 2.25. The highest BCUT2D eigenvalue weighted by molar-refractivity contribution is 5.28. The van der Waals surface area contributed by atoms with Crippen LogP contribution in [-0.4, -0.2) is 13.2 Å². The van der Waals surface area contributed by atoms with E-state index < -0.39 is 0 Å². The van der Waals surface area contributed by atoms with Crippen molar-refractivity contribution in [1.82, 2.24) is 5.32 Å². The molecule has 0 bridgehead atoms. The van der Waals surface area contributed by atoms with Crippen molar-refractivity contribution in [3.8, 4) is 5.75 Å². The highest BCUT2D eigenvalue weighted by Crippen LogP contribution is 2.19. The number of benzene rings is 1. The van der Waals surface area contributed by atoms with Crippen LogP contribution in [0, 0.1) is 5.41 Å². The largest absolute Gasteiger partial charge is 0.497 e. The third-order valence-electron chi connectivity index (χ3n) is 3.05. The van der Waals surface area contributed by atoms with E-state index in [2.05, 4.69) is 45.1 Å². The molecule has 1 N–H and O–H groups in total. The van der Waals surface area contributed by atoms with Gasteiger partial charge in [0.1, 0.15) is 5.75 Å². The zero-order chi connectivity index (χ0) is 12.2. The molecule has 2 nitrogen and oxygen atoms in total. The molecule has 0 saturated heterocycles. The van der Waals surface area contributed by atoms with E-state index in [4.69, 9.17) is 4.74 Å². The Morgan fingerprint density at radius 1 is 1.31 bits per heavy atom. The molecule has 1 rings (SSSR count). The topological polar surface area (TPSA) is 21.3 Å². The molecule has 1 unspecified atom stereocenters. The summed E-state index contributed by atoms with van der Waals surface area (Å²) in [6.07, 6.45) is 0. The molecule has 0 heterocycles. The average molecular weight is 221 g/mol. The highest BCUT2D eigenvalue weighted by atomic mass is 16.5. The Morgan fingerprint density at radius 2 is 2.00 bits per heavy atom. The van der Waals surface area contributed by atoms with Crippen molar-refractivity contribution in [3.05, 3.63) is 29.8 Å². The van der Waals surface area contributed by atoms with Gasteiger partial charge >= 0.3 is 0 Å². The lowest BCUT2D eigenvalue weighted by molar-refractivity contribution is 0.285. The Morgan fingerprint density at radius 3 is 2.56 bits per heavy atom. The molecule has 0 aromatic heterocycles. The van der Waals surface area contributed by atoms with E-state index in [1.54, 1.807) is 7.11 Å². The van der Waals surface area contributed by atoms with Crippen LogP contribution in [0.1, 0.15) is 33.3 Å². The van der Waals surface area contributed by atoms with Gasteiger partial charge in [0.2, 0.25) is 0 Å². The standard InChI is InChI=1S/C14H23NO/c1-11(14(2,3)4)15-10-12-7-6-8-13(9-12)16-5/h6-9,11,15H,10H2,1-5H3. The third kappa shape index (κ3) is 3.86. The van der Waals surface area contributed by atoms with Crippen LogP contribution in [0.15, 0.2) is 24.3 Å². The summed E-state index contributed by atoms with van der Waals surface area (Å²) in [5, 5.41) is 3.53. The molecule has 90 valence electrons. The van der Waals surface area contributed by atoms with Crippen LogP contribution < -0.4 is 10.1 Å². The second-order valence-corrected chi connectivity index (χ2v) is 5.32. The van der Waals surface area contributed by atoms with Crippen molar-refractivity contribution in [2.24, 2.45) is 5.41 Å². The van der Waals surface area contributed by atoms with E-state index in [1.165, 1.54) is 5.56 Å². The second kappa shape index (κ2) is 5.35. The predicted octanol–water partition coefficient (Wildman–Crippen LogP) is 3.22. The summed E-state index contributed by atoms with van der Waals surface area (Å²) in [6, 6.07) is 8.67. The number of hydrogen-bond acceptors (Lipinski definition) is 2. The summed E-state index contributed by atoms with van der Waals surface area (Å²) >= 11 is 0. The van der Waals surface area contributed by atoms with Crippen LogP contribution in [0.5, 0.6) is 5.75 Å². The van der Waals surface area contributed by atoms with Gasteiger partial charge in [-0.15, -0.1) is 0 Å². The molecule has 0 fully saturated rings. The Labute approximate surface area is 99.0 Å². The number of ether oxygens (including phenoxy) is 1. The molecule has 0 amide bonds. The van der Waals surface area contributed by atoms with Crippen LogP contribution in [0.3, 0.4) is 0 Å². The minimum atomic E-state index is 0.291. The Balaban J connectivity index is 2.54. The number of rotatable bonds is 4. The van der Waals surface area contributed by atoms with Gasteiger partial charge in [-0.3, -0.25) is 0 Å². The zero-order valence-electron chi connectivity index (χ0n) is 11.0. The van der Waals surface area contributed by atoms with E-state index in [0.29, 0.717) is 11.5 Å². The lowest BCUT2D eigenvalue weighted by Gasteiger charge is -2.28. The van der Waals surface area contributed by atoms with Gasteiger partial charge in [0, 0.05) is 12.6 Å². The van der Waals surface area contributed by atoms with Crippen LogP contribution in [0.2, 0.25) is 0 Å². The van der Waals surface area contributed by atoms with Crippen molar-refractivity contribution in [1.29, 1.82) is 0 Å². The summed E-state index contributed by atoms with van der Waals surface area (Å²) in [4.78, 5) is 0. The van der Waals surface area contributed by atoms with Gasteiger partial charge in [-0.05, 0) is 30.0 Å². The first-order chi connectivity index (χ1) is 7.43. The van der Waals surface area contributed by atoms with Gasteiger partial charge in [0.05, 0.1) is 7.11 Å². The fraction of sp³-hybridized carbons (Fsp3) is 0.571. The molecule has 1 aromatic carbocycles. The molecular weight excluding hydrogens is 198 g/mol. The Kier molecular flexibility index (Phi) is 4.36. The van der Waals surface area contributed by atoms with Crippen molar-refractivity contribution < 1.29 is 4.74 Å². The van der Waals surface area contributed by atoms with Gasteiger partial charge < -0.3 is 10.1 Å². The number of hydrogen-bond donors (Lipinski definition) is 1. The molecule has 16 heavy (non-hydrogen) atoms. The normalized spacial score (nSPS) is 13.6. The Hall–Kier alpha value is -1.02. The molecule has 1 atom stereocenters. The van der Waals surface area contributed by atoms with Crippen LogP contribution >= 0.6 is 0 Å². The minimum Gasteiger partial charge on any atom is -0.497 e. The van der Waals surface area contributed by atoms with Crippen molar-refractivity contribution in [3.63, 3.8) is 0 Å². The van der Waals surface area contributed by atoms with E-state index in [9.17, 15) is 0 Å². The molecule has 2 heteroatoms. The zero-order valence-corrected chi connectivity index (χ0v) is 11.0. The molecule has 0 radical (unpaired) electrons. The fourth-order valence-electron chi connectivity index (χ4n) is 1.36. The summed E-state index contributed by atoms with van der Waals surface area (Å²) in [6.45, 7) is 9.85. The molecule has 0 spiro atoms. The number of nitrogens with one attached hydrogen (secondary N) is 1. The van der Waals surface area contributed by atoms with E-state index in [0.717, 1.165) is 12.3 Å². The maximum absolute atomic E-state index is 5.20. The van der Waals surface area contributed by atoms with Crippen molar-refractivity contribution >= 4 is 0 Å². The molecule has 0 aliphatic rings. The van der Waals surface area contributed by atoms with Gasteiger partial charge in [0.25, 0.3) is 0 Å². The van der Waals surface area contributed by atoms with Gasteiger partial charge in [-0.1, -0.05) is 32.9 Å². The predicted molar refractivity (Wildman–Crippen MR) is 68.8 cm³/mol. The third-order valence-corrected chi connectivity index (χ3v) is 3.05. The SMILES string of the molecule is COc1cccc(CNC(C)C(C)(C)C)c1. The first-order valence-corrected chi connectivity index (χ1v) is 5.80. The van der Waals surface area contributed by atoms with Crippen LogP contribution in [0.4, 0.5) is 0 Å². The van der Waals surface area contributed by atoms with Crippen LogP contribution in [-0.2, 0) is 6.54 Å². The molecule has 1 aromatic rings. The summed E-state index contributed by atoms with van der Waals surface area (Å²) in [5.41, 5.74) is 1.55. The molecule has 0 aliphatic heterocycles. The first-order valence-electron chi connectivity index (χ1n) is 5.80. The second-order valence-electron chi connectivity index (χ2n) is 5.32. The molecule has 0 aliphatic carbocycles. The lowest BCUT2D eigenvalue weighted by atomic mass is 9.88. The minimum absolute atomic E-state index is 0.291. The maximum atomic E-state index is 5.20. The summed E-state index contributed by atoms with van der Waals surface area (Å²) in [5.74, 6) is 0.919. The summed E-state index contributed by atoms with van der Waals surface area (Å²) in [7, 11) is 1.70. The first kappa shape index (κ1) is 13.0. The highest BCUT2D eigenvalue weighted by Gasteiger charge is 2.18. The fourth-order valence-corrected chi connectivity index (χ4v) is 1.36. The quantitative estimate of drug-likeness (QED) is 0.843. The Bertz CT molecular complexity index is 328. The maximum Gasteiger partial charge on any atom is 0.119 e. The van der Waals surface area contributed by atoms with Crippen LogP contribution in [0.25, 0.3) is 0 Å². The van der Waals surface area contributed by atoms with Crippen molar-refractivity contribution in [2.45, 2.75) is 40.3 Å². The van der Waals surface area contributed by atoms with Gasteiger partial charge in [0.15, 0.2) is 0 Å². The van der Waals surface area contributed by atoms with E-state index in [1.807, 2.05) is 12.1 Å². The number of methoxy groups -OCH3 is 1. The molecular formula is C14H23NO.